The number of fused-ring (bicyclic) bond motifs is 3. The molecule has 4 atom stereocenters. The van der Waals surface area contributed by atoms with Crippen molar-refractivity contribution in [1.29, 1.82) is 0 Å². The van der Waals surface area contributed by atoms with Crippen LogP contribution in [0, 0.1) is 5.92 Å². The van der Waals surface area contributed by atoms with Gasteiger partial charge in [0.15, 0.2) is 11.2 Å². The molecule has 19 heavy (non-hydrogen) atoms. The van der Waals surface area contributed by atoms with E-state index in [0.717, 1.165) is 0 Å². The van der Waals surface area contributed by atoms with Crippen LogP contribution in [-0.2, 0) is 6.54 Å². The number of aliphatic hydroxyl groups is 2. The zero-order valence-electron chi connectivity index (χ0n) is 9.72. The Morgan fingerprint density at radius 2 is 2.05 bits per heavy atom. The summed E-state index contributed by atoms with van der Waals surface area (Å²) < 4.78 is 2.74. The van der Waals surface area contributed by atoms with Crippen LogP contribution in [0.25, 0.3) is 11.2 Å². The molecule has 2 unspecified atom stereocenters. The minimum absolute atomic E-state index is 0.0776. The second-order valence-electron chi connectivity index (χ2n) is 5.12. The molecule has 2 aliphatic rings. The van der Waals surface area contributed by atoms with Gasteiger partial charge in [-0.3, -0.25) is 14.3 Å². The fourth-order valence-corrected chi connectivity index (χ4v) is 3.20. The van der Waals surface area contributed by atoms with E-state index in [-0.39, 0.29) is 11.4 Å². The van der Waals surface area contributed by atoms with E-state index in [2.05, 4.69) is 15.3 Å². The fraction of sp³-hybridized carbons (Fsp3) is 0.600. The summed E-state index contributed by atoms with van der Waals surface area (Å²) >= 11 is 0. The molecule has 2 aromatic rings. The highest BCUT2D eigenvalue weighted by atomic mass is 16.3. The molecule has 1 saturated carbocycles. The van der Waals surface area contributed by atoms with E-state index in [9.17, 15) is 19.8 Å². The minimum atomic E-state index is -1.03. The molecule has 2 bridgehead atoms. The smallest absolute Gasteiger partial charge is 0.330 e. The molecule has 0 saturated heterocycles. The van der Waals surface area contributed by atoms with Gasteiger partial charge in [-0.1, -0.05) is 5.21 Å². The first-order chi connectivity index (χ1) is 9.08. The van der Waals surface area contributed by atoms with Gasteiger partial charge in [0.2, 0.25) is 0 Å². The van der Waals surface area contributed by atoms with Crippen molar-refractivity contribution in [1.82, 2.24) is 24.5 Å². The molecule has 0 radical (unpaired) electrons. The van der Waals surface area contributed by atoms with E-state index < -0.39 is 29.5 Å². The number of aromatic nitrogens is 5. The van der Waals surface area contributed by atoms with Crippen molar-refractivity contribution < 1.29 is 10.2 Å². The number of hydrogen-bond acceptors (Lipinski definition) is 6. The van der Waals surface area contributed by atoms with Gasteiger partial charge in [-0.2, -0.15) is 0 Å². The zero-order chi connectivity index (χ0) is 13.3. The number of hydrogen-bond donors (Lipinski definition) is 3. The number of aromatic amines is 1. The average Bonchev–Trinajstić information content (AvgIpc) is 2.82. The first-order valence-corrected chi connectivity index (χ1v) is 6.02. The molecule has 3 heterocycles. The second kappa shape index (κ2) is 3.31. The molecule has 1 fully saturated rings. The number of H-pyrrole nitrogens is 1. The molecule has 1 aliphatic heterocycles. The van der Waals surface area contributed by atoms with Gasteiger partial charge in [0.25, 0.3) is 5.56 Å². The largest absolute Gasteiger partial charge is 0.390 e. The van der Waals surface area contributed by atoms with E-state index in [1.807, 2.05) is 0 Å². The zero-order valence-corrected chi connectivity index (χ0v) is 9.72. The van der Waals surface area contributed by atoms with E-state index >= 15 is 0 Å². The van der Waals surface area contributed by atoms with Crippen LogP contribution in [0.15, 0.2) is 9.59 Å². The van der Waals surface area contributed by atoms with Gasteiger partial charge in [0, 0.05) is 5.92 Å². The Morgan fingerprint density at radius 1 is 1.26 bits per heavy atom. The Morgan fingerprint density at radius 3 is 2.84 bits per heavy atom. The molecule has 3 N–H and O–H groups in total. The molecule has 0 spiro atoms. The molecule has 4 rings (SSSR count). The van der Waals surface area contributed by atoms with E-state index in [4.69, 9.17) is 0 Å². The fourth-order valence-electron chi connectivity index (χ4n) is 3.20. The molecule has 2 aromatic heterocycles. The van der Waals surface area contributed by atoms with Crippen LogP contribution in [0.1, 0.15) is 12.5 Å². The Kier molecular flexibility index (Phi) is 1.89. The number of aliphatic hydroxyl groups excluding tert-OH is 2. The third-order valence-corrected chi connectivity index (χ3v) is 4.10. The quantitative estimate of drug-likeness (QED) is 0.486. The summed E-state index contributed by atoms with van der Waals surface area (Å²) in [5, 5.41) is 27.6. The van der Waals surface area contributed by atoms with Crippen molar-refractivity contribution in [2.24, 2.45) is 5.92 Å². The molecule has 1 aliphatic carbocycles. The van der Waals surface area contributed by atoms with Crippen LogP contribution < -0.4 is 11.2 Å². The molecule has 100 valence electrons. The summed E-state index contributed by atoms with van der Waals surface area (Å²) in [6, 6.07) is -0.563. The number of rotatable bonds is 0. The first kappa shape index (κ1) is 10.9. The van der Waals surface area contributed by atoms with Gasteiger partial charge >= 0.3 is 5.69 Å². The third-order valence-electron chi connectivity index (χ3n) is 4.10. The normalized spacial score (nSPS) is 32.7. The summed E-state index contributed by atoms with van der Waals surface area (Å²) in [6.45, 7) is 0.328. The predicted molar refractivity (Wildman–Crippen MR) is 61.6 cm³/mol. The molecule has 0 amide bonds. The maximum atomic E-state index is 12.0. The second-order valence-corrected chi connectivity index (χ2v) is 5.12. The maximum Gasteiger partial charge on any atom is 0.330 e. The Hall–Kier alpha value is -2.00. The van der Waals surface area contributed by atoms with E-state index in [1.165, 1.54) is 9.25 Å². The SMILES string of the molecule is O=c1[nH]c(=O)n2c3c1nnn3C[C@H]1C[C@@H]2C(O)C1O. The van der Waals surface area contributed by atoms with Crippen molar-refractivity contribution >= 4 is 11.2 Å². The molecule has 9 nitrogen and oxygen atoms in total. The lowest BCUT2D eigenvalue weighted by Crippen LogP contribution is -2.39. The topological polar surface area (TPSA) is 126 Å². The lowest BCUT2D eigenvalue weighted by molar-refractivity contribution is 0.000341. The summed E-state index contributed by atoms with van der Waals surface area (Å²) in [4.78, 5) is 25.8. The number of nitrogens with one attached hydrogen (secondary N) is 1. The first-order valence-electron chi connectivity index (χ1n) is 6.02. The highest BCUT2D eigenvalue weighted by molar-refractivity contribution is 5.69. The van der Waals surface area contributed by atoms with Gasteiger partial charge < -0.3 is 10.2 Å². The lowest BCUT2D eigenvalue weighted by Gasteiger charge is -2.21. The van der Waals surface area contributed by atoms with E-state index in [1.54, 1.807) is 0 Å². The van der Waals surface area contributed by atoms with Gasteiger partial charge in [0.1, 0.15) is 6.10 Å². The van der Waals surface area contributed by atoms with Crippen LogP contribution in [0.5, 0.6) is 0 Å². The van der Waals surface area contributed by atoms with E-state index in [0.29, 0.717) is 18.6 Å². The Labute approximate surface area is 105 Å². The summed E-state index contributed by atoms with van der Waals surface area (Å²) in [6.07, 6.45) is -1.47. The van der Waals surface area contributed by atoms with Crippen LogP contribution in [0.3, 0.4) is 0 Å². The van der Waals surface area contributed by atoms with Crippen molar-refractivity contribution in [2.45, 2.75) is 31.2 Å². The van der Waals surface area contributed by atoms with Crippen molar-refractivity contribution in [2.75, 3.05) is 0 Å². The van der Waals surface area contributed by atoms with Gasteiger partial charge in [0.05, 0.1) is 18.7 Å². The van der Waals surface area contributed by atoms with Crippen molar-refractivity contribution in [3.8, 4) is 0 Å². The summed E-state index contributed by atoms with van der Waals surface area (Å²) in [5.74, 6) is -0.209. The summed E-state index contributed by atoms with van der Waals surface area (Å²) in [7, 11) is 0. The maximum absolute atomic E-state index is 12.0. The van der Waals surface area contributed by atoms with Gasteiger partial charge in [-0.15, -0.1) is 5.10 Å². The Bertz CT molecular complexity index is 789. The summed E-state index contributed by atoms with van der Waals surface area (Å²) in [5.41, 5.74) is -0.809. The van der Waals surface area contributed by atoms with Gasteiger partial charge in [-0.05, 0) is 6.42 Å². The lowest BCUT2D eigenvalue weighted by atomic mass is 10.1. The van der Waals surface area contributed by atoms with Crippen LogP contribution >= 0.6 is 0 Å². The monoisotopic (exact) mass is 265 g/mol. The minimum Gasteiger partial charge on any atom is -0.390 e. The highest BCUT2D eigenvalue weighted by Crippen LogP contribution is 2.38. The van der Waals surface area contributed by atoms with Crippen LogP contribution in [-0.4, -0.2) is 47.0 Å². The Balaban J connectivity index is 2.14. The average molecular weight is 265 g/mol. The number of nitrogens with zero attached hydrogens (tertiary/aromatic N) is 4. The van der Waals surface area contributed by atoms with Crippen LogP contribution in [0.2, 0.25) is 0 Å². The highest BCUT2D eigenvalue weighted by Gasteiger charge is 2.46. The third kappa shape index (κ3) is 1.21. The standard InChI is InChI=1S/C10H11N5O4/c16-6-3-1-4(7(6)17)15-9-5(8(18)11-10(15)19)12-13-14(9)2-3/h3-4,6-7,16-17H,1-2H2,(H,11,18,19)/t3-,4-,6?,7?/m1/s1. The molecular formula is C10H11N5O4. The molecule has 0 aromatic carbocycles. The van der Waals surface area contributed by atoms with Crippen LogP contribution in [0.4, 0.5) is 0 Å². The van der Waals surface area contributed by atoms with Crippen molar-refractivity contribution in [3.63, 3.8) is 0 Å². The van der Waals surface area contributed by atoms with Crippen molar-refractivity contribution in [3.05, 3.63) is 20.8 Å². The van der Waals surface area contributed by atoms with Gasteiger partial charge in [-0.25, -0.2) is 9.48 Å². The molecular weight excluding hydrogens is 254 g/mol. The predicted octanol–water partition coefficient (Wildman–Crippen LogP) is -2.42. The molecule has 9 heteroatoms.